The Labute approximate surface area is 138 Å². The van der Waals surface area contributed by atoms with Crippen LogP contribution in [0.3, 0.4) is 0 Å². The lowest BCUT2D eigenvalue weighted by Crippen LogP contribution is -2.05. The molecule has 5 nitrogen and oxygen atoms in total. The second-order valence-corrected chi connectivity index (χ2v) is 7.52. The zero-order valence-electron chi connectivity index (χ0n) is 12.2. The lowest BCUT2D eigenvalue weighted by Gasteiger charge is -2.01. The maximum absolute atomic E-state index is 12.3. The first-order chi connectivity index (χ1) is 10.9. The minimum absolute atomic E-state index is 0.0523. The van der Waals surface area contributed by atoms with E-state index in [-0.39, 0.29) is 16.5 Å². The Hall–Kier alpha value is -2.18. The van der Waals surface area contributed by atoms with Crippen molar-refractivity contribution in [3.05, 3.63) is 65.0 Å². The summed E-state index contributed by atoms with van der Waals surface area (Å²) in [5.74, 6) is 0.0689. The van der Waals surface area contributed by atoms with Crippen molar-refractivity contribution in [2.24, 2.45) is 0 Å². The van der Waals surface area contributed by atoms with Crippen molar-refractivity contribution in [3.63, 3.8) is 0 Å². The van der Waals surface area contributed by atoms with E-state index in [2.05, 4.69) is 10.1 Å². The summed E-state index contributed by atoms with van der Waals surface area (Å²) < 4.78 is 29.8. The molecule has 2 aromatic carbocycles. The van der Waals surface area contributed by atoms with Crippen LogP contribution in [-0.2, 0) is 15.6 Å². The molecule has 23 heavy (non-hydrogen) atoms. The Bertz CT molecular complexity index is 934. The van der Waals surface area contributed by atoms with Gasteiger partial charge in [0.1, 0.15) is 5.75 Å². The lowest BCUT2D eigenvalue weighted by atomic mass is 10.1. The summed E-state index contributed by atoms with van der Waals surface area (Å²) in [6.45, 7) is 1.95. The summed E-state index contributed by atoms with van der Waals surface area (Å²) in [6, 6.07) is 13.5. The van der Waals surface area contributed by atoms with E-state index in [0.717, 1.165) is 11.1 Å². The highest BCUT2D eigenvalue weighted by molar-refractivity contribution is 7.90. The molecule has 0 spiro atoms. The molecular formula is C16H13ClN2O3S. The van der Waals surface area contributed by atoms with Gasteiger partial charge in [-0.1, -0.05) is 40.5 Å². The Morgan fingerprint density at radius 3 is 2.57 bits per heavy atom. The minimum Gasteiger partial charge on any atom is -0.338 e. The maximum atomic E-state index is 12.3. The number of hydrogen-bond donors (Lipinski definition) is 0. The average Bonchev–Trinajstić information content (AvgIpc) is 2.95. The first-order valence-electron chi connectivity index (χ1n) is 6.82. The van der Waals surface area contributed by atoms with Crippen LogP contribution in [0.25, 0.3) is 11.4 Å². The molecule has 0 radical (unpaired) electrons. The van der Waals surface area contributed by atoms with Crippen molar-refractivity contribution in [1.29, 1.82) is 0 Å². The van der Waals surface area contributed by atoms with Gasteiger partial charge in [0, 0.05) is 10.6 Å². The van der Waals surface area contributed by atoms with Gasteiger partial charge in [-0.15, -0.1) is 0 Å². The van der Waals surface area contributed by atoms with Crippen molar-refractivity contribution in [3.8, 4) is 11.4 Å². The van der Waals surface area contributed by atoms with Crippen molar-refractivity contribution in [2.45, 2.75) is 17.6 Å². The predicted octanol–water partition coefficient (Wildman–Crippen LogP) is 3.67. The minimum atomic E-state index is -3.56. The highest BCUT2D eigenvalue weighted by Crippen LogP contribution is 2.21. The van der Waals surface area contributed by atoms with Crippen LogP contribution in [-0.4, -0.2) is 18.6 Å². The van der Waals surface area contributed by atoms with Gasteiger partial charge in [-0.05, 0) is 37.3 Å². The number of sulfone groups is 1. The topological polar surface area (TPSA) is 73.1 Å². The summed E-state index contributed by atoms with van der Waals surface area (Å²) >= 11 is 5.77. The second kappa shape index (κ2) is 6.14. The molecule has 118 valence electrons. The zero-order valence-corrected chi connectivity index (χ0v) is 13.8. The SMILES string of the molecule is Cc1cccc(-c2noc(CS(=O)(=O)c3ccc(Cl)cc3)n2)c1. The van der Waals surface area contributed by atoms with Gasteiger partial charge >= 0.3 is 0 Å². The Balaban J connectivity index is 1.85. The first kappa shape index (κ1) is 15.7. The molecule has 0 saturated carbocycles. The van der Waals surface area contributed by atoms with Crippen molar-refractivity contribution in [1.82, 2.24) is 10.1 Å². The third-order valence-corrected chi connectivity index (χ3v) is 5.10. The van der Waals surface area contributed by atoms with E-state index in [4.69, 9.17) is 16.1 Å². The van der Waals surface area contributed by atoms with Gasteiger partial charge in [-0.3, -0.25) is 0 Å². The summed E-state index contributed by atoms with van der Waals surface area (Å²) in [6.07, 6.45) is 0. The van der Waals surface area contributed by atoms with E-state index in [1.54, 1.807) is 0 Å². The van der Waals surface area contributed by atoms with Gasteiger partial charge in [0.2, 0.25) is 11.7 Å². The molecule has 1 aromatic heterocycles. The van der Waals surface area contributed by atoms with E-state index in [9.17, 15) is 8.42 Å². The standard InChI is InChI=1S/C16H13ClN2O3S/c1-11-3-2-4-12(9-11)16-18-15(22-19-16)10-23(20,21)14-7-5-13(17)6-8-14/h2-9H,10H2,1H3. The maximum Gasteiger partial charge on any atom is 0.242 e. The molecule has 7 heteroatoms. The van der Waals surface area contributed by atoms with Gasteiger partial charge in [-0.25, -0.2) is 8.42 Å². The second-order valence-electron chi connectivity index (χ2n) is 5.09. The number of aromatic nitrogens is 2. The number of hydrogen-bond acceptors (Lipinski definition) is 5. The fourth-order valence-corrected chi connectivity index (χ4v) is 3.39. The van der Waals surface area contributed by atoms with E-state index in [1.807, 2.05) is 31.2 Å². The van der Waals surface area contributed by atoms with Crippen LogP contribution in [0.2, 0.25) is 5.02 Å². The lowest BCUT2D eigenvalue weighted by molar-refractivity contribution is 0.389. The summed E-state index contributed by atoms with van der Waals surface area (Å²) in [4.78, 5) is 4.33. The van der Waals surface area contributed by atoms with Gasteiger partial charge < -0.3 is 4.52 Å². The first-order valence-corrected chi connectivity index (χ1v) is 8.85. The van der Waals surface area contributed by atoms with Crippen molar-refractivity contribution >= 4 is 21.4 Å². The molecule has 0 bridgehead atoms. The Morgan fingerprint density at radius 1 is 1.13 bits per heavy atom. The molecule has 1 heterocycles. The smallest absolute Gasteiger partial charge is 0.242 e. The number of aryl methyl sites for hydroxylation is 1. The van der Waals surface area contributed by atoms with Crippen LogP contribution >= 0.6 is 11.6 Å². The van der Waals surface area contributed by atoms with Gasteiger partial charge in [0.05, 0.1) is 4.90 Å². The third-order valence-electron chi connectivity index (χ3n) is 3.23. The molecular weight excluding hydrogens is 336 g/mol. The third kappa shape index (κ3) is 3.60. The number of halogens is 1. The van der Waals surface area contributed by atoms with E-state index in [1.165, 1.54) is 24.3 Å². The fraction of sp³-hybridized carbons (Fsp3) is 0.125. The molecule has 0 fully saturated rings. The highest BCUT2D eigenvalue weighted by Gasteiger charge is 2.20. The van der Waals surface area contributed by atoms with Gasteiger partial charge in [0.15, 0.2) is 9.84 Å². The number of nitrogens with zero attached hydrogens (tertiary/aromatic N) is 2. The molecule has 0 aliphatic carbocycles. The normalized spacial score (nSPS) is 11.6. The van der Waals surface area contributed by atoms with E-state index >= 15 is 0 Å². The van der Waals surface area contributed by atoms with Crippen molar-refractivity contribution in [2.75, 3.05) is 0 Å². The Morgan fingerprint density at radius 2 is 1.87 bits per heavy atom. The van der Waals surface area contributed by atoms with E-state index in [0.29, 0.717) is 10.8 Å². The molecule has 3 aromatic rings. The van der Waals surface area contributed by atoms with Gasteiger partial charge in [0.25, 0.3) is 0 Å². The molecule has 0 saturated heterocycles. The molecule has 0 atom stereocenters. The zero-order chi connectivity index (χ0) is 16.4. The monoisotopic (exact) mass is 348 g/mol. The summed E-state index contributed by atoms with van der Waals surface area (Å²) in [7, 11) is -3.56. The fourth-order valence-electron chi connectivity index (χ4n) is 2.10. The summed E-state index contributed by atoms with van der Waals surface area (Å²) in [5.41, 5.74) is 1.84. The van der Waals surface area contributed by atoms with E-state index < -0.39 is 9.84 Å². The molecule has 0 N–H and O–H groups in total. The average molecular weight is 349 g/mol. The molecule has 0 aliphatic rings. The quantitative estimate of drug-likeness (QED) is 0.719. The number of rotatable bonds is 4. The van der Waals surface area contributed by atoms with Crippen LogP contribution < -0.4 is 0 Å². The molecule has 0 aliphatic heterocycles. The van der Waals surface area contributed by atoms with Crippen molar-refractivity contribution < 1.29 is 12.9 Å². The predicted molar refractivity (Wildman–Crippen MR) is 86.8 cm³/mol. The Kier molecular flexibility index (Phi) is 4.19. The molecule has 0 unspecified atom stereocenters. The van der Waals surface area contributed by atoms with Crippen LogP contribution in [0.1, 0.15) is 11.5 Å². The van der Waals surface area contributed by atoms with Crippen LogP contribution in [0.5, 0.6) is 0 Å². The molecule has 0 amide bonds. The van der Waals surface area contributed by atoms with Gasteiger partial charge in [-0.2, -0.15) is 4.98 Å². The molecule has 3 rings (SSSR count). The summed E-state index contributed by atoms with van der Waals surface area (Å²) in [5, 5.41) is 4.32. The number of benzene rings is 2. The largest absolute Gasteiger partial charge is 0.338 e. The van der Waals surface area contributed by atoms with Crippen LogP contribution in [0.15, 0.2) is 57.9 Å². The highest BCUT2D eigenvalue weighted by atomic mass is 35.5. The van der Waals surface area contributed by atoms with Crippen LogP contribution in [0.4, 0.5) is 0 Å². The van der Waals surface area contributed by atoms with Crippen LogP contribution in [0, 0.1) is 6.92 Å².